The summed E-state index contributed by atoms with van der Waals surface area (Å²) in [6, 6.07) is 0. The lowest BCUT2D eigenvalue weighted by molar-refractivity contribution is 0.199. The van der Waals surface area contributed by atoms with Crippen molar-refractivity contribution in [2.45, 2.75) is 77.2 Å². The zero-order valence-corrected chi connectivity index (χ0v) is 14.2. The minimum absolute atomic E-state index is 0.0686. The smallest absolute Gasteiger partial charge is 0.269 e. The van der Waals surface area contributed by atoms with Gasteiger partial charge in [-0.25, -0.2) is 0 Å². The molecule has 1 atom stereocenters. The van der Waals surface area contributed by atoms with E-state index in [1.807, 2.05) is 0 Å². The van der Waals surface area contributed by atoms with Gasteiger partial charge >= 0.3 is 0 Å². The Morgan fingerprint density at radius 2 is 1.43 bits per heavy atom. The monoisotopic (exact) mass is 323 g/mol. The highest BCUT2D eigenvalue weighted by atomic mass is 32.2. The SMILES string of the molecule is CCCCCCCCCCCCOS(=O)(=O)CC(O)CN. The van der Waals surface area contributed by atoms with Crippen LogP contribution in [0.3, 0.4) is 0 Å². The van der Waals surface area contributed by atoms with Gasteiger partial charge in [0.1, 0.15) is 5.75 Å². The molecule has 0 aliphatic heterocycles. The third kappa shape index (κ3) is 14.5. The summed E-state index contributed by atoms with van der Waals surface area (Å²) < 4.78 is 27.7. The van der Waals surface area contributed by atoms with Crippen LogP contribution < -0.4 is 5.73 Å². The molecule has 0 saturated heterocycles. The zero-order chi connectivity index (χ0) is 16.0. The van der Waals surface area contributed by atoms with E-state index in [4.69, 9.17) is 9.92 Å². The predicted octanol–water partition coefficient (Wildman–Crippen LogP) is 2.57. The summed E-state index contributed by atoms with van der Waals surface area (Å²) in [7, 11) is -3.63. The number of unbranched alkanes of at least 4 members (excludes halogenated alkanes) is 9. The molecule has 0 aliphatic carbocycles. The Morgan fingerprint density at radius 3 is 1.90 bits per heavy atom. The molecule has 21 heavy (non-hydrogen) atoms. The first-order chi connectivity index (χ1) is 10.0. The molecule has 0 aliphatic rings. The van der Waals surface area contributed by atoms with Gasteiger partial charge in [0.25, 0.3) is 10.1 Å². The van der Waals surface area contributed by atoms with Gasteiger partial charge in [0.15, 0.2) is 0 Å². The highest BCUT2D eigenvalue weighted by Crippen LogP contribution is 2.10. The van der Waals surface area contributed by atoms with E-state index in [1.165, 1.54) is 44.9 Å². The Labute approximate surface area is 130 Å². The third-order valence-corrected chi connectivity index (χ3v) is 4.75. The summed E-state index contributed by atoms with van der Waals surface area (Å²) in [4.78, 5) is 0. The molecule has 1 unspecified atom stereocenters. The second-order valence-electron chi connectivity index (χ2n) is 5.62. The van der Waals surface area contributed by atoms with Crippen LogP contribution >= 0.6 is 0 Å². The Morgan fingerprint density at radius 1 is 0.952 bits per heavy atom. The van der Waals surface area contributed by atoms with Crippen LogP contribution in [0.1, 0.15) is 71.1 Å². The average Bonchev–Trinajstić information content (AvgIpc) is 2.44. The molecule has 128 valence electrons. The molecule has 3 N–H and O–H groups in total. The molecule has 0 radical (unpaired) electrons. The van der Waals surface area contributed by atoms with Gasteiger partial charge in [0.2, 0.25) is 0 Å². The van der Waals surface area contributed by atoms with E-state index < -0.39 is 22.0 Å². The van der Waals surface area contributed by atoms with E-state index in [0.29, 0.717) is 0 Å². The molecule has 0 heterocycles. The van der Waals surface area contributed by atoms with E-state index >= 15 is 0 Å². The van der Waals surface area contributed by atoms with Gasteiger partial charge in [0, 0.05) is 6.54 Å². The fourth-order valence-corrected chi connectivity index (χ4v) is 3.20. The highest BCUT2D eigenvalue weighted by molar-refractivity contribution is 7.86. The standard InChI is InChI=1S/C15H33NO4S/c1-2-3-4-5-6-7-8-9-10-11-12-20-21(18,19)14-15(17)13-16/h15,17H,2-14,16H2,1H3. The minimum atomic E-state index is -3.63. The summed E-state index contributed by atoms with van der Waals surface area (Å²) in [5.74, 6) is -0.415. The zero-order valence-electron chi connectivity index (χ0n) is 13.4. The maximum absolute atomic E-state index is 11.4. The predicted molar refractivity (Wildman–Crippen MR) is 86.6 cm³/mol. The number of rotatable bonds is 15. The Hall–Kier alpha value is -0.170. The maximum Gasteiger partial charge on any atom is 0.269 e. The minimum Gasteiger partial charge on any atom is -0.391 e. The van der Waals surface area contributed by atoms with Crippen molar-refractivity contribution in [3.8, 4) is 0 Å². The normalized spacial score (nSPS) is 13.5. The number of hydrogen-bond acceptors (Lipinski definition) is 5. The molecule has 0 saturated carbocycles. The van der Waals surface area contributed by atoms with Crippen LogP contribution in [-0.4, -0.2) is 38.5 Å². The van der Waals surface area contributed by atoms with Gasteiger partial charge in [-0.3, -0.25) is 4.18 Å². The van der Waals surface area contributed by atoms with E-state index in [9.17, 15) is 13.5 Å². The molecule has 5 nitrogen and oxygen atoms in total. The summed E-state index contributed by atoms with van der Waals surface area (Å²) in [6.07, 6.45) is 10.9. The van der Waals surface area contributed by atoms with E-state index in [-0.39, 0.29) is 13.2 Å². The Kier molecular flexibility index (Phi) is 13.4. The van der Waals surface area contributed by atoms with Crippen LogP contribution in [0.25, 0.3) is 0 Å². The topological polar surface area (TPSA) is 89.6 Å². The summed E-state index contributed by atoms with van der Waals surface area (Å²) in [6.45, 7) is 2.36. The molecule has 0 aromatic heterocycles. The molecule has 0 aromatic rings. The summed E-state index contributed by atoms with van der Waals surface area (Å²) in [5.41, 5.74) is 5.17. The van der Waals surface area contributed by atoms with Crippen molar-refractivity contribution < 1.29 is 17.7 Å². The van der Waals surface area contributed by atoms with E-state index in [0.717, 1.165) is 19.3 Å². The quantitative estimate of drug-likeness (QED) is 0.357. The van der Waals surface area contributed by atoms with Crippen LogP contribution in [0.4, 0.5) is 0 Å². The number of aliphatic hydroxyl groups excluding tert-OH is 1. The highest BCUT2D eigenvalue weighted by Gasteiger charge is 2.16. The molecule has 0 fully saturated rings. The van der Waals surface area contributed by atoms with E-state index in [1.54, 1.807) is 0 Å². The number of nitrogens with two attached hydrogens (primary N) is 1. The van der Waals surface area contributed by atoms with Crippen molar-refractivity contribution in [3.63, 3.8) is 0 Å². The van der Waals surface area contributed by atoms with Crippen LogP contribution in [0.2, 0.25) is 0 Å². The van der Waals surface area contributed by atoms with Crippen molar-refractivity contribution in [2.75, 3.05) is 18.9 Å². The average molecular weight is 323 g/mol. The molecule has 0 rings (SSSR count). The van der Waals surface area contributed by atoms with Gasteiger partial charge in [0.05, 0.1) is 12.7 Å². The van der Waals surface area contributed by atoms with Crippen molar-refractivity contribution in [1.82, 2.24) is 0 Å². The van der Waals surface area contributed by atoms with Gasteiger partial charge in [-0.2, -0.15) is 8.42 Å². The summed E-state index contributed by atoms with van der Waals surface area (Å²) in [5, 5.41) is 9.19. The maximum atomic E-state index is 11.4. The summed E-state index contributed by atoms with van der Waals surface area (Å²) >= 11 is 0. The second-order valence-corrected chi connectivity index (χ2v) is 7.30. The number of hydrogen-bond donors (Lipinski definition) is 2. The van der Waals surface area contributed by atoms with Crippen molar-refractivity contribution in [2.24, 2.45) is 5.73 Å². The first-order valence-corrected chi connectivity index (χ1v) is 9.84. The Balaban J connectivity index is 3.36. The first kappa shape index (κ1) is 20.8. The second kappa shape index (κ2) is 13.5. The molecular formula is C15H33NO4S. The van der Waals surface area contributed by atoms with Gasteiger partial charge in [-0.1, -0.05) is 64.7 Å². The van der Waals surface area contributed by atoms with Crippen molar-refractivity contribution in [1.29, 1.82) is 0 Å². The number of aliphatic hydroxyl groups is 1. The lowest BCUT2D eigenvalue weighted by Crippen LogP contribution is -2.29. The molecule has 0 aromatic carbocycles. The van der Waals surface area contributed by atoms with E-state index in [2.05, 4.69) is 6.92 Å². The molecule has 0 spiro atoms. The van der Waals surface area contributed by atoms with Crippen LogP contribution in [0.15, 0.2) is 0 Å². The largest absolute Gasteiger partial charge is 0.391 e. The third-order valence-electron chi connectivity index (χ3n) is 3.43. The lowest BCUT2D eigenvalue weighted by Gasteiger charge is -2.09. The fourth-order valence-electron chi connectivity index (χ4n) is 2.13. The molecule has 6 heteroatoms. The van der Waals surface area contributed by atoms with Crippen molar-refractivity contribution in [3.05, 3.63) is 0 Å². The van der Waals surface area contributed by atoms with Gasteiger partial charge < -0.3 is 10.8 Å². The van der Waals surface area contributed by atoms with Crippen LogP contribution in [-0.2, 0) is 14.3 Å². The Bertz CT molecular complexity index is 320. The lowest BCUT2D eigenvalue weighted by atomic mass is 10.1. The first-order valence-electron chi connectivity index (χ1n) is 8.27. The molecule has 0 bridgehead atoms. The van der Waals surface area contributed by atoms with Gasteiger partial charge in [-0.05, 0) is 6.42 Å². The van der Waals surface area contributed by atoms with Crippen LogP contribution in [0.5, 0.6) is 0 Å². The molecule has 0 amide bonds. The molecular weight excluding hydrogens is 290 g/mol. The fraction of sp³-hybridized carbons (Fsp3) is 1.00. The van der Waals surface area contributed by atoms with Crippen molar-refractivity contribution >= 4 is 10.1 Å². The van der Waals surface area contributed by atoms with Gasteiger partial charge in [-0.15, -0.1) is 0 Å². The van der Waals surface area contributed by atoms with Crippen LogP contribution in [0, 0.1) is 0 Å².